The molecule has 1 aromatic carbocycles. The molecular formula is C12H9ClO2S. The molecule has 0 aliphatic carbocycles. The van der Waals surface area contributed by atoms with Gasteiger partial charge in [-0.05, 0) is 29.6 Å². The molecule has 16 heavy (non-hydrogen) atoms. The van der Waals surface area contributed by atoms with E-state index >= 15 is 0 Å². The summed E-state index contributed by atoms with van der Waals surface area (Å²) >= 11 is 7.38. The van der Waals surface area contributed by atoms with Crippen molar-refractivity contribution in [3.05, 3.63) is 51.2 Å². The highest BCUT2D eigenvalue weighted by Crippen LogP contribution is 2.26. The number of methoxy groups -OCH3 is 1. The van der Waals surface area contributed by atoms with Crippen LogP contribution in [0.3, 0.4) is 0 Å². The molecule has 0 amide bonds. The molecule has 4 heteroatoms. The fourth-order valence-corrected chi connectivity index (χ4v) is 2.30. The lowest BCUT2D eigenvalue weighted by Gasteiger charge is -2.04. The van der Waals surface area contributed by atoms with Crippen LogP contribution >= 0.6 is 22.9 Å². The quantitative estimate of drug-likeness (QED) is 0.780. The van der Waals surface area contributed by atoms with Gasteiger partial charge >= 0.3 is 0 Å². The zero-order valence-electron chi connectivity index (χ0n) is 8.57. The van der Waals surface area contributed by atoms with Crippen LogP contribution in [0.2, 0.25) is 5.02 Å². The van der Waals surface area contributed by atoms with Crippen LogP contribution in [0, 0.1) is 0 Å². The molecule has 82 valence electrons. The summed E-state index contributed by atoms with van der Waals surface area (Å²) in [4.78, 5) is 12.7. The lowest BCUT2D eigenvalue weighted by molar-refractivity contribution is 0.104. The van der Waals surface area contributed by atoms with Gasteiger partial charge in [0.25, 0.3) is 0 Å². The number of ether oxygens (including phenoxy) is 1. The van der Waals surface area contributed by atoms with Crippen molar-refractivity contribution in [2.24, 2.45) is 0 Å². The zero-order valence-corrected chi connectivity index (χ0v) is 10.1. The molecular weight excluding hydrogens is 244 g/mol. The van der Waals surface area contributed by atoms with Gasteiger partial charge in [-0.1, -0.05) is 17.7 Å². The van der Waals surface area contributed by atoms with Crippen LogP contribution in [-0.4, -0.2) is 12.9 Å². The molecule has 1 heterocycles. The lowest BCUT2D eigenvalue weighted by Crippen LogP contribution is -1.98. The van der Waals surface area contributed by atoms with Gasteiger partial charge in [0.1, 0.15) is 5.75 Å². The first kappa shape index (κ1) is 11.2. The maximum atomic E-state index is 12.0. The number of hydrogen-bond acceptors (Lipinski definition) is 3. The highest BCUT2D eigenvalue weighted by molar-refractivity contribution is 7.12. The fraction of sp³-hybridized carbons (Fsp3) is 0.0833. The Hall–Kier alpha value is -1.32. The SMILES string of the molecule is COc1ccc(C(=O)c2cccs2)cc1Cl. The number of carbonyl (C=O) groups excluding carboxylic acids is 1. The summed E-state index contributed by atoms with van der Waals surface area (Å²) in [6.45, 7) is 0. The van der Waals surface area contributed by atoms with Gasteiger partial charge in [-0.3, -0.25) is 4.79 Å². The number of thiophene rings is 1. The minimum atomic E-state index is -0.0143. The van der Waals surface area contributed by atoms with Crippen LogP contribution in [-0.2, 0) is 0 Å². The first-order chi connectivity index (χ1) is 7.72. The Morgan fingerprint density at radius 2 is 2.19 bits per heavy atom. The van der Waals surface area contributed by atoms with E-state index in [0.717, 1.165) is 0 Å². The topological polar surface area (TPSA) is 26.3 Å². The molecule has 0 spiro atoms. The van der Waals surface area contributed by atoms with Gasteiger partial charge in [-0.25, -0.2) is 0 Å². The van der Waals surface area contributed by atoms with Crippen molar-refractivity contribution in [1.29, 1.82) is 0 Å². The number of rotatable bonds is 3. The molecule has 0 N–H and O–H groups in total. The van der Waals surface area contributed by atoms with Crippen molar-refractivity contribution in [3.8, 4) is 5.75 Å². The Labute approximate surface area is 102 Å². The first-order valence-corrected chi connectivity index (χ1v) is 5.90. The largest absolute Gasteiger partial charge is 0.495 e. The number of benzene rings is 1. The number of ketones is 1. The fourth-order valence-electron chi connectivity index (χ4n) is 1.36. The van der Waals surface area contributed by atoms with Crippen LogP contribution in [0.1, 0.15) is 15.2 Å². The van der Waals surface area contributed by atoms with Crippen molar-refractivity contribution in [2.75, 3.05) is 7.11 Å². The maximum absolute atomic E-state index is 12.0. The van der Waals surface area contributed by atoms with Crippen molar-refractivity contribution >= 4 is 28.7 Å². The number of halogens is 1. The summed E-state index contributed by atoms with van der Waals surface area (Å²) in [6, 6.07) is 8.69. The summed E-state index contributed by atoms with van der Waals surface area (Å²) in [5, 5.41) is 2.32. The maximum Gasteiger partial charge on any atom is 0.202 e. The van der Waals surface area contributed by atoms with E-state index in [9.17, 15) is 4.79 Å². The Kier molecular flexibility index (Phi) is 3.27. The Balaban J connectivity index is 2.35. The molecule has 0 bridgehead atoms. The monoisotopic (exact) mass is 252 g/mol. The van der Waals surface area contributed by atoms with Crippen LogP contribution < -0.4 is 4.74 Å². The van der Waals surface area contributed by atoms with E-state index in [1.54, 1.807) is 31.4 Å². The molecule has 2 nitrogen and oxygen atoms in total. The average Bonchev–Trinajstić information content (AvgIpc) is 2.81. The molecule has 2 rings (SSSR count). The van der Waals surface area contributed by atoms with E-state index in [-0.39, 0.29) is 5.78 Å². The zero-order chi connectivity index (χ0) is 11.5. The summed E-state index contributed by atoms with van der Waals surface area (Å²) < 4.78 is 5.03. The molecule has 0 fully saturated rings. The molecule has 0 radical (unpaired) electrons. The van der Waals surface area contributed by atoms with Crippen LogP contribution in [0.4, 0.5) is 0 Å². The number of carbonyl (C=O) groups is 1. The van der Waals surface area contributed by atoms with Gasteiger partial charge in [0.2, 0.25) is 5.78 Å². The van der Waals surface area contributed by atoms with Gasteiger partial charge < -0.3 is 4.74 Å². The van der Waals surface area contributed by atoms with Gasteiger partial charge in [-0.15, -0.1) is 11.3 Å². The summed E-state index contributed by atoms with van der Waals surface area (Å²) in [6.07, 6.45) is 0. The van der Waals surface area contributed by atoms with Crippen LogP contribution in [0.25, 0.3) is 0 Å². The second-order valence-corrected chi connectivity index (χ2v) is 4.51. The smallest absolute Gasteiger partial charge is 0.202 e. The van der Waals surface area contributed by atoms with Gasteiger partial charge in [0.05, 0.1) is 17.0 Å². The highest BCUT2D eigenvalue weighted by atomic mass is 35.5. The van der Waals surface area contributed by atoms with Crippen LogP contribution in [0.15, 0.2) is 35.7 Å². The van der Waals surface area contributed by atoms with Crippen LogP contribution in [0.5, 0.6) is 5.75 Å². The third-order valence-electron chi connectivity index (χ3n) is 2.16. The van der Waals surface area contributed by atoms with Gasteiger partial charge in [-0.2, -0.15) is 0 Å². The molecule has 0 unspecified atom stereocenters. The van der Waals surface area contributed by atoms with Crippen molar-refractivity contribution in [2.45, 2.75) is 0 Å². The molecule has 0 saturated carbocycles. The molecule has 0 saturated heterocycles. The molecule has 1 aromatic heterocycles. The minimum Gasteiger partial charge on any atom is -0.495 e. The Morgan fingerprint density at radius 3 is 2.75 bits per heavy atom. The Morgan fingerprint density at radius 1 is 1.38 bits per heavy atom. The molecule has 0 atom stereocenters. The lowest BCUT2D eigenvalue weighted by atomic mass is 10.1. The highest BCUT2D eigenvalue weighted by Gasteiger charge is 2.11. The molecule has 0 aliphatic rings. The van der Waals surface area contributed by atoms with E-state index in [0.29, 0.717) is 21.2 Å². The third kappa shape index (κ3) is 2.10. The second-order valence-electron chi connectivity index (χ2n) is 3.16. The average molecular weight is 253 g/mol. The van der Waals surface area contributed by atoms with Crippen molar-refractivity contribution < 1.29 is 9.53 Å². The predicted octanol–water partition coefficient (Wildman–Crippen LogP) is 3.64. The minimum absolute atomic E-state index is 0.0143. The summed E-state index contributed by atoms with van der Waals surface area (Å²) in [5.41, 5.74) is 0.577. The molecule has 2 aromatic rings. The summed E-state index contributed by atoms with van der Waals surface area (Å²) in [5.74, 6) is 0.559. The van der Waals surface area contributed by atoms with E-state index in [2.05, 4.69) is 0 Å². The third-order valence-corrected chi connectivity index (χ3v) is 3.32. The van der Waals surface area contributed by atoms with Crippen molar-refractivity contribution in [3.63, 3.8) is 0 Å². The number of hydrogen-bond donors (Lipinski definition) is 0. The van der Waals surface area contributed by atoms with E-state index in [1.165, 1.54) is 11.3 Å². The predicted molar refractivity (Wildman–Crippen MR) is 65.8 cm³/mol. The second kappa shape index (κ2) is 4.68. The van der Waals surface area contributed by atoms with Crippen molar-refractivity contribution in [1.82, 2.24) is 0 Å². The van der Waals surface area contributed by atoms with Gasteiger partial charge in [0, 0.05) is 5.56 Å². The Bertz CT molecular complexity index is 506. The van der Waals surface area contributed by atoms with Gasteiger partial charge in [0.15, 0.2) is 0 Å². The van der Waals surface area contributed by atoms with E-state index < -0.39 is 0 Å². The molecule has 0 aliphatic heterocycles. The van der Waals surface area contributed by atoms with E-state index in [1.807, 2.05) is 11.4 Å². The standard InChI is InChI=1S/C12H9ClO2S/c1-15-10-5-4-8(7-9(10)13)12(14)11-3-2-6-16-11/h2-7H,1H3. The summed E-state index contributed by atoms with van der Waals surface area (Å²) in [7, 11) is 1.54. The first-order valence-electron chi connectivity index (χ1n) is 4.64. The van der Waals surface area contributed by atoms with E-state index in [4.69, 9.17) is 16.3 Å². The normalized spacial score (nSPS) is 10.1.